The lowest BCUT2D eigenvalue weighted by Crippen LogP contribution is -2.55. The molecule has 1 fully saturated rings. The second-order valence-corrected chi connectivity index (χ2v) is 8.38. The van der Waals surface area contributed by atoms with E-state index in [1.165, 1.54) is 0 Å². The third-order valence-corrected chi connectivity index (χ3v) is 5.91. The maximum Gasteiger partial charge on any atom is 0.318 e. The lowest BCUT2D eigenvalue weighted by Gasteiger charge is -2.42. The molecule has 0 radical (unpaired) electrons. The van der Waals surface area contributed by atoms with Crippen molar-refractivity contribution >= 4 is 11.9 Å². The molecule has 3 atom stereocenters. The molecular formula is C22H34N4O4. The average molecular weight is 419 g/mol. The highest BCUT2D eigenvalue weighted by atomic mass is 16.5. The number of nitrogens with one attached hydrogen (secondary N) is 2. The molecule has 8 heteroatoms. The van der Waals surface area contributed by atoms with E-state index in [1.807, 2.05) is 10.6 Å². The topological polar surface area (TPSA) is 92.7 Å². The van der Waals surface area contributed by atoms with Crippen LogP contribution in [0.2, 0.25) is 0 Å². The van der Waals surface area contributed by atoms with E-state index >= 15 is 0 Å². The van der Waals surface area contributed by atoms with Crippen LogP contribution in [0.4, 0.5) is 4.79 Å². The summed E-state index contributed by atoms with van der Waals surface area (Å²) in [6, 6.07) is 4.53. The summed E-state index contributed by atoms with van der Waals surface area (Å²) in [5, 5.41) is 5.67. The van der Waals surface area contributed by atoms with Crippen molar-refractivity contribution < 1.29 is 14.3 Å². The fourth-order valence-corrected chi connectivity index (χ4v) is 4.29. The maximum atomic E-state index is 12.7. The molecule has 2 aliphatic rings. The predicted octanol–water partition coefficient (Wildman–Crippen LogP) is 1.69. The Morgan fingerprint density at radius 2 is 2.00 bits per heavy atom. The fourth-order valence-electron chi connectivity index (χ4n) is 4.29. The van der Waals surface area contributed by atoms with E-state index in [0.29, 0.717) is 32.8 Å². The Labute approximate surface area is 178 Å². The zero-order valence-corrected chi connectivity index (χ0v) is 18.1. The van der Waals surface area contributed by atoms with E-state index in [-0.39, 0.29) is 29.3 Å². The zero-order chi connectivity index (χ0) is 21.5. The number of hydrogen-bond donors (Lipinski definition) is 2. The Kier molecular flexibility index (Phi) is 7.90. The summed E-state index contributed by atoms with van der Waals surface area (Å²) < 4.78 is 7.32. The molecule has 0 aromatic carbocycles. The number of ether oxygens (including phenoxy) is 1. The summed E-state index contributed by atoms with van der Waals surface area (Å²) >= 11 is 0. The smallest absolute Gasteiger partial charge is 0.318 e. The molecule has 0 aliphatic carbocycles. The van der Waals surface area contributed by atoms with Gasteiger partial charge in [0, 0.05) is 57.1 Å². The molecule has 1 aromatic rings. The van der Waals surface area contributed by atoms with Gasteiger partial charge in [-0.3, -0.25) is 9.59 Å². The average Bonchev–Trinajstić information content (AvgIpc) is 2.73. The number of piperidine rings is 1. The summed E-state index contributed by atoms with van der Waals surface area (Å²) in [5.41, 5.74) is 1.03. The van der Waals surface area contributed by atoms with Gasteiger partial charge in [0.05, 0.1) is 0 Å². The van der Waals surface area contributed by atoms with E-state index in [0.717, 1.165) is 38.0 Å². The van der Waals surface area contributed by atoms with Gasteiger partial charge in [0.15, 0.2) is 0 Å². The van der Waals surface area contributed by atoms with Crippen LogP contribution in [-0.4, -0.2) is 60.3 Å². The number of fused-ring (bicyclic) bond motifs is 4. The first-order valence-electron chi connectivity index (χ1n) is 11.1. The second-order valence-electron chi connectivity index (χ2n) is 8.38. The molecule has 3 heterocycles. The van der Waals surface area contributed by atoms with E-state index < -0.39 is 6.04 Å². The lowest BCUT2D eigenvalue weighted by atomic mass is 9.83. The van der Waals surface area contributed by atoms with Crippen LogP contribution in [0.1, 0.15) is 51.1 Å². The van der Waals surface area contributed by atoms with Gasteiger partial charge in [0.1, 0.15) is 6.04 Å². The first-order valence-corrected chi connectivity index (χ1v) is 11.1. The number of urea groups is 1. The minimum atomic E-state index is -0.602. The lowest BCUT2D eigenvalue weighted by molar-refractivity contribution is -0.122. The van der Waals surface area contributed by atoms with Crippen molar-refractivity contribution in [1.29, 1.82) is 0 Å². The van der Waals surface area contributed by atoms with Gasteiger partial charge in [-0.2, -0.15) is 0 Å². The van der Waals surface area contributed by atoms with Crippen molar-refractivity contribution in [3.8, 4) is 0 Å². The van der Waals surface area contributed by atoms with Crippen LogP contribution in [0.3, 0.4) is 0 Å². The third-order valence-electron chi connectivity index (χ3n) is 5.91. The number of nitrogens with zero attached hydrogens (tertiary/aromatic N) is 2. The van der Waals surface area contributed by atoms with Crippen molar-refractivity contribution in [2.45, 2.75) is 58.0 Å². The van der Waals surface area contributed by atoms with Crippen molar-refractivity contribution in [2.75, 3.05) is 32.8 Å². The van der Waals surface area contributed by atoms with Crippen LogP contribution < -0.4 is 16.2 Å². The zero-order valence-electron chi connectivity index (χ0n) is 18.1. The van der Waals surface area contributed by atoms with Crippen LogP contribution >= 0.6 is 0 Å². The molecule has 30 heavy (non-hydrogen) atoms. The van der Waals surface area contributed by atoms with Crippen LogP contribution in [0, 0.1) is 5.92 Å². The summed E-state index contributed by atoms with van der Waals surface area (Å²) in [7, 11) is 0. The van der Waals surface area contributed by atoms with E-state index in [4.69, 9.17) is 4.74 Å². The molecule has 1 aromatic heterocycles. The number of carbonyl (C=O) groups is 2. The van der Waals surface area contributed by atoms with E-state index in [1.54, 1.807) is 24.0 Å². The minimum absolute atomic E-state index is 0.0289. The summed E-state index contributed by atoms with van der Waals surface area (Å²) in [6.45, 7) is 7.55. The molecule has 166 valence electrons. The molecule has 3 rings (SSSR count). The number of rotatable bonds is 9. The van der Waals surface area contributed by atoms with Crippen molar-refractivity contribution in [3.63, 3.8) is 0 Å². The monoisotopic (exact) mass is 418 g/mol. The van der Waals surface area contributed by atoms with Crippen LogP contribution in [0.15, 0.2) is 23.0 Å². The molecule has 1 saturated heterocycles. The number of amides is 3. The first-order chi connectivity index (χ1) is 14.5. The number of carbonyl (C=O) groups excluding carboxylic acids is 2. The van der Waals surface area contributed by atoms with Gasteiger partial charge in [0.25, 0.3) is 5.56 Å². The molecule has 0 spiro atoms. The first kappa shape index (κ1) is 22.3. The number of likely N-dealkylation sites (tertiary alicyclic amines) is 1. The van der Waals surface area contributed by atoms with Gasteiger partial charge in [-0.25, -0.2) is 4.79 Å². The molecule has 2 bridgehead atoms. The normalized spacial score (nSPS) is 20.9. The largest absolute Gasteiger partial charge is 0.381 e. The molecule has 3 amide bonds. The Hall–Kier alpha value is -2.35. The SMILES string of the molecule is CCCCOCCCNC(=O)[C@H](C)NC(=O)N1CC2CC(C1)c1cccc(=O)n1C2. The third kappa shape index (κ3) is 5.62. The van der Waals surface area contributed by atoms with Crippen LogP contribution in [-0.2, 0) is 16.1 Å². The van der Waals surface area contributed by atoms with Crippen molar-refractivity contribution in [1.82, 2.24) is 20.1 Å². The van der Waals surface area contributed by atoms with Crippen LogP contribution in [0.5, 0.6) is 0 Å². The Bertz CT molecular complexity index is 794. The molecule has 0 saturated carbocycles. The van der Waals surface area contributed by atoms with Crippen molar-refractivity contribution in [3.05, 3.63) is 34.2 Å². The Balaban J connectivity index is 1.44. The fraction of sp³-hybridized carbons (Fsp3) is 0.682. The molecule has 2 aliphatic heterocycles. The predicted molar refractivity (Wildman–Crippen MR) is 114 cm³/mol. The van der Waals surface area contributed by atoms with Crippen molar-refractivity contribution in [2.24, 2.45) is 5.92 Å². The molecular weight excluding hydrogens is 384 g/mol. The summed E-state index contributed by atoms with van der Waals surface area (Å²) in [5.74, 6) is 0.235. The van der Waals surface area contributed by atoms with Gasteiger partial charge in [0.2, 0.25) is 5.91 Å². The molecule has 2 N–H and O–H groups in total. The number of unbranched alkanes of at least 4 members (excludes halogenated alkanes) is 1. The second kappa shape index (κ2) is 10.6. The molecule has 2 unspecified atom stereocenters. The minimum Gasteiger partial charge on any atom is -0.381 e. The van der Waals surface area contributed by atoms with Gasteiger partial charge >= 0.3 is 6.03 Å². The summed E-state index contributed by atoms with van der Waals surface area (Å²) in [6.07, 6.45) is 3.90. The van der Waals surface area contributed by atoms with Gasteiger partial charge in [-0.1, -0.05) is 19.4 Å². The Morgan fingerprint density at radius 1 is 1.20 bits per heavy atom. The summed E-state index contributed by atoms with van der Waals surface area (Å²) in [4.78, 5) is 38.9. The van der Waals surface area contributed by atoms with Crippen LogP contribution in [0.25, 0.3) is 0 Å². The van der Waals surface area contributed by atoms with Gasteiger partial charge in [-0.15, -0.1) is 0 Å². The maximum absolute atomic E-state index is 12.7. The number of aromatic nitrogens is 1. The number of hydrogen-bond acceptors (Lipinski definition) is 4. The standard InChI is InChI=1S/C22H34N4O4/c1-3-4-10-30-11-6-9-23-21(28)16(2)24-22(29)25-13-17-12-18(15-25)19-7-5-8-20(27)26(19)14-17/h5,7-8,16-18H,3-4,6,9-15H2,1-2H3,(H,23,28)(H,24,29)/t16-,17?,18?/m0/s1. The van der Waals surface area contributed by atoms with E-state index in [2.05, 4.69) is 17.6 Å². The number of pyridine rings is 1. The van der Waals surface area contributed by atoms with Gasteiger partial charge in [-0.05, 0) is 38.2 Å². The Morgan fingerprint density at radius 3 is 2.80 bits per heavy atom. The highest BCUT2D eigenvalue weighted by Crippen LogP contribution is 2.34. The highest BCUT2D eigenvalue weighted by Gasteiger charge is 2.36. The quantitative estimate of drug-likeness (QED) is 0.597. The highest BCUT2D eigenvalue weighted by molar-refractivity contribution is 5.86. The van der Waals surface area contributed by atoms with E-state index in [9.17, 15) is 14.4 Å². The molecule has 8 nitrogen and oxygen atoms in total. The van der Waals surface area contributed by atoms with Gasteiger partial charge < -0.3 is 24.8 Å².